The largest absolute Gasteiger partial charge is 0.490 e. The molecule has 0 atom stereocenters. The number of carboxylic acids is 1. The summed E-state index contributed by atoms with van der Waals surface area (Å²) in [7, 11) is 0. The Morgan fingerprint density at radius 3 is 2.22 bits per heavy atom. The first-order valence-electron chi connectivity index (χ1n) is 11.4. The highest BCUT2D eigenvalue weighted by Gasteiger charge is 2.38. The number of alkyl halides is 3. The number of anilines is 1. The molecule has 1 saturated heterocycles. The Kier molecular flexibility index (Phi) is 11.0. The summed E-state index contributed by atoms with van der Waals surface area (Å²) in [5, 5.41) is 10.4. The highest BCUT2D eigenvalue weighted by atomic mass is 35.5. The molecule has 1 amide bonds. The molecule has 2 aromatic carbocycles. The van der Waals surface area contributed by atoms with Gasteiger partial charge in [0.2, 0.25) is 0 Å². The molecule has 0 aromatic heterocycles. The molecule has 6 nitrogen and oxygen atoms in total. The van der Waals surface area contributed by atoms with Gasteiger partial charge >= 0.3 is 12.1 Å². The van der Waals surface area contributed by atoms with E-state index in [0.29, 0.717) is 22.0 Å². The SMILES string of the molecule is CC(C)CCN1CCC(Oc2ccc(NC(=O)c3ccc(F)cc3)cc2Cl)CC1.O=C(O)C(F)(F)F. The van der Waals surface area contributed by atoms with Crippen LogP contribution in [-0.4, -0.2) is 53.8 Å². The van der Waals surface area contributed by atoms with Gasteiger partial charge < -0.3 is 20.1 Å². The van der Waals surface area contributed by atoms with Crippen LogP contribution in [0.1, 0.15) is 43.5 Å². The summed E-state index contributed by atoms with van der Waals surface area (Å²) in [6.45, 7) is 7.74. The number of halogens is 5. The Balaban J connectivity index is 0.000000572. The fourth-order valence-electron chi connectivity index (χ4n) is 3.35. The van der Waals surface area contributed by atoms with Crippen molar-refractivity contribution in [2.24, 2.45) is 5.92 Å². The van der Waals surface area contributed by atoms with Crippen LogP contribution in [0.5, 0.6) is 5.75 Å². The quantitative estimate of drug-likeness (QED) is 0.412. The van der Waals surface area contributed by atoms with Gasteiger partial charge in [0, 0.05) is 24.3 Å². The highest BCUT2D eigenvalue weighted by molar-refractivity contribution is 6.32. The van der Waals surface area contributed by atoms with Crippen LogP contribution in [0.25, 0.3) is 0 Å². The number of likely N-dealkylation sites (tertiary alicyclic amines) is 1. The van der Waals surface area contributed by atoms with Gasteiger partial charge in [-0.15, -0.1) is 0 Å². The summed E-state index contributed by atoms with van der Waals surface area (Å²) < 4.78 is 50.8. The van der Waals surface area contributed by atoms with Gasteiger partial charge in [-0.05, 0) is 74.2 Å². The Labute approximate surface area is 212 Å². The summed E-state index contributed by atoms with van der Waals surface area (Å²) in [5.41, 5.74) is 0.951. The van der Waals surface area contributed by atoms with E-state index in [0.717, 1.165) is 38.4 Å². The second-order valence-electron chi connectivity index (χ2n) is 8.75. The van der Waals surface area contributed by atoms with Crippen LogP contribution in [0, 0.1) is 11.7 Å². The highest BCUT2D eigenvalue weighted by Crippen LogP contribution is 2.30. The number of nitrogens with zero attached hydrogens (tertiary/aromatic N) is 1. The molecule has 198 valence electrons. The van der Waals surface area contributed by atoms with E-state index in [9.17, 15) is 22.4 Å². The number of carboxylic acid groups (broad SMARTS) is 1. The second-order valence-corrected chi connectivity index (χ2v) is 9.16. The fourth-order valence-corrected chi connectivity index (χ4v) is 3.57. The number of benzene rings is 2. The molecule has 36 heavy (non-hydrogen) atoms. The van der Waals surface area contributed by atoms with Gasteiger partial charge in [0.1, 0.15) is 17.7 Å². The molecule has 1 aliphatic rings. The van der Waals surface area contributed by atoms with E-state index in [-0.39, 0.29) is 17.8 Å². The average Bonchev–Trinajstić information content (AvgIpc) is 2.80. The number of aliphatic carboxylic acids is 1. The number of amides is 1. The molecule has 0 bridgehead atoms. The smallest absolute Gasteiger partial charge is 0.489 e. The van der Waals surface area contributed by atoms with E-state index in [1.807, 2.05) is 0 Å². The Morgan fingerprint density at radius 2 is 1.72 bits per heavy atom. The number of nitrogens with one attached hydrogen (secondary N) is 1. The third kappa shape index (κ3) is 10.0. The predicted molar refractivity (Wildman–Crippen MR) is 129 cm³/mol. The van der Waals surface area contributed by atoms with Crippen molar-refractivity contribution >= 4 is 29.2 Å². The summed E-state index contributed by atoms with van der Waals surface area (Å²) in [5.74, 6) is -2.09. The van der Waals surface area contributed by atoms with Crippen molar-refractivity contribution in [3.8, 4) is 5.75 Å². The maximum atomic E-state index is 13.0. The van der Waals surface area contributed by atoms with Crippen molar-refractivity contribution in [1.29, 1.82) is 0 Å². The van der Waals surface area contributed by atoms with E-state index in [1.54, 1.807) is 18.2 Å². The lowest BCUT2D eigenvalue weighted by molar-refractivity contribution is -0.192. The van der Waals surface area contributed by atoms with Crippen molar-refractivity contribution in [2.75, 3.05) is 25.0 Å². The summed E-state index contributed by atoms with van der Waals surface area (Å²) >= 11 is 6.38. The number of carbonyl (C=O) groups is 2. The Hall–Kier alpha value is -2.85. The number of hydrogen-bond donors (Lipinski definition) is 2. The number of carbonyl (C=O) groups excluding carboxylic acids is 1. The third-order valence-electron chi connectivity index (χ3n) is 5.39. The molecule has 0 spiro atoms. The van der Waals surface area contributed by atoms with Crippen molar-refractivity contribution in [1.82, 2.24) is 4.90 Å². The van der Waals surface area contributed by atoms with Crippen molar-refractivity contribution in [2.45, 2.75) is 45.4 Å². The van der Waals surface area contributed by atoms with Crippen molar-refractivity contribution in [3.05, 3.63) is 58.9 Å². The maximum Gasteiger partial charge on any atom is 0.490 e. The van der Waals surface area contributed by atoms with Crippen molar-refractivity contribution in [3.63, 3.8) is 0 Å². The molecule has 3 rings (SSSR count). The maximum absolute atomic E-state index is 13.0. The number of rotatable bonds is 7. The molecular weight excluding hydrogens is 504 g/mol. The summed E-state index contributed by atoms with van der Waals surface area (Å²) in [6.07, 6.45) is -1.74. The fraction of sp³-hybridized carbons (Fsp3) is 0.440. The number of piperidine rings is 1. The first-order valence-corrected chi connectivity index (χ1v) is 11.8. The lowest BCUT2D eigenvalue weighted by Crippen LogP contribution is -2.39. The zero-order chi connectivity index (χ0) is 26.9. The summed E-state index contributed by atoms with van der Waals surface area (Å²) in [4.78, 5) is 23.6. The van der Waals surface area contributed by atoms with Crippen LogP contribution < -0.4 is 10.1 Å². The van der Waals surface area contributed by atoms with E-state index in [2.05, 4.69) is 24.1 Å². The van der Waals surface area contributed by atoms with Crippen molar-refractivity contribution < 1.29 is 37.0 Å². The molecule has 1 fully saturated rings. The number of ether oxygens (including phenoxy) is 1. The van der Waals surface area contributed by atoms with Gasteiger partial charge in [-0.3, -0.25) is 4.79 Å². The van der Waals surface area contributed by atoms with Crippen LogP contribution >= 0.6 is 11.6 Å². The van der Waals surface area contributed by atoms with E-state index in [1.165, 1.54) is 30.7 Å². The standard InChI is InChI=1S/C23H28ClFN2O2.C2HF3O2/c1-16(2)9-12-27-13-10-20(11-14-27)29-22-8-7-19(15-21(22)24)26-23(28)17-3-5-18(25)6-4-17;3-2(4,5)1(6)7/h3-8,15-16,20H,9-14H2,1-2H3,(H,26,28);(H,6,7). The molecule has 0 aliphatic carbocycles. The number of hydrogen-bond acceptors (Lipinski definition) is 4. The van der Waals surface area contributed by atoms with E-state index < -0.39 is 12.1 Å². The van der Waals surface area contributed by atoms with Crippen LogP contribution in [0.4, 0.5) is 23.2 Å². The molecule has 0 radical (unpaired) electrons. The molecule has 1 heterocycles. The molecule has 0 saturated carbocycles. The first kappa shape index (κ1) is 29.4. The molecule has 1 aliphatic heterocycles. The van der Waals surface area contributed by atoms with Gasteiger partial charge in [-0.25, -0.2) is 9.18 Å². The van der Waals surface area contributed by atoms with E-state index >= 15 is 0 Å². The molecule has 11 heteroatoms. The molecular formula is C25H29ClF4N2O4. The van der Waals surface area contributed by atoms with Crippen LogP contribution in [0.15, 0.2) is 42.5 Å². The van der Waals surface area contributed by atoms with Gasteiger partial charge in [0.25, 0.3) is 5.91 Å². The third-order valence-corrected chi connectivity index (χ3v) is 5.68. The minimum Gasteiger partial charge on any atom is -0.489 e. The Bertz CT molecular complexity index is 1010. The van der Waals surface area contributed by atoms with E-state index in [4.69, 9.17) is 26.2 Å². The van der Waals surface area contributed by atoms with Crippen LogP contribution in [0.3, 0.4) is 0 Å². The monoisotopic (exact) mass is 532 g/mol. The molecule has 0 unspecified atom stereocenters. The predicted octanol–water partition coefficient (Wildman–Crippen LogP) is 6.25. The van der Waals surface area contributed by atoms with Crippen LogP contribution in [-0.2, 0) is 4.79 Å². The minimum atomic E-state index is -5.08. The lowest BCUT2D eigenvalue weighted by Gasteiger charge is -2.32. The molecule has 2 aromatic rings. The lowest BCUT2D eigenvalue weighted by atomic mass is 10.1. The van der Waals surface area contributed by atoms with Gasteiger partial charge in [0.15, 0.2) is 0 Å². The van der Waals surface area contributed by atoms with Gasteiger partial charge in [-0.2, -0.15) is 13.2 Å². The average molecular weight is 533 g/mol. The first-order chi connectivity index (χ1) is 16.8. The normalized spacial score (nSPS) is 14.7. The zero-order valence-electron chi connectivity index (χ0n) is 19.9. The second kappa shape index (κ2) is 13.5. The minimum absolute atomic E-state index is 0.155. The van der Waals surface area contributed by atoms with Gasteiger partial charge in [-0.1, -0.05) is 25.4 Å². The topological polar surface area (TPSA) is 78.9 Å². The van der Waals surface area contributed by atoms with Gasteiger partial charge in [0.05, 0.1) is 5.02 Å². The zero-order valence-corrected chi connectivity index (χ0v) is 20.7. The molecule has 2 N–H and O–H groups in total. The summed E-state index contributed by atoms with van der Waals surface area (Å²) in [6, 6.07) is 10.6. The van der Waals surface area contributed by atoms with Crippen LogP contribution in [0.2, 0.25) is 5.02 Å². The Morgan fingerprint density at radius 1 is 1.14 bits per heavy atom.